The van der Waals surface area contributed by atoms with Crippen LogP contribution in [0.15, 0.2) is 0 Å². The second kappa shape index (κ2) is 2.67. The molecule has 0 aromatic rings. The van der Waals surface area contributed by atoms with Gasteiger partial charge in [0.1, 0.15) is 0 Å². The molecule has 2 N–H and O–H groups in total. The van der Waals surface area contributed by atoms with Crippen LogP contribution < -0.4 is 11.0 Å². The van der Waals surface area contributed by atoms with Gasteiger partial charge in [-0.15, -0.1) is 0 Å². The predicted octanol–water partition coefficient (Wildman–Crippen LogP) is -0.432. The van der Waals surface area contributed by atoms with Crippen LogP contribution in [0.25, 0.3) is 0 Å². The van der Waals surface area contributed by atoms with Crippen LogP contribution in [0.2, 0.25) is 0 Å². The van der Waals surface area contributed by atoms with Crippen molar-refractivity contribution >= 4 is 0 Å². The van der Waals surface area contributed by atoms with Gasteiger partial charge >= 0.3 is 0 Å². The van der Waals surface area contributed by atoms with Crippen molar-refractivity contribution in [2.24, 2.45) is 11.8 Å². The molecule has 68 valence electrons. The highest BCUT2D eigenvalue weighted by atomic mass is 15.9. The Balaban J connectivity index is 1.78. The monoisotopic (exact) mass is 168 g/mol. The lowest BCUT2D eigenvalue weighted by Crippen LogP contribution is -2.52. The number of fused-ring (bicyclic) bond motifs is 4. The zero-order valence-electron chi connectivity index (χ0n) is 7.29. The van der Waals surface area contributed by atoms with Gasteiger partial charge in [-0.05, 0) is 24.7 Å². The number of hydrogen-bond donors (Lipinski definition) is 2. The quantitative estimate of drug-likeness (QED) is 0.514. The number of nitrogens with zero attached hydrogens (tertiary/aromatic N) is 2. The van der Waals surface area contributed by atoms with Crippen LogP contribution in [0.5, 0.6) is 0 Å². The maximum Gasteiger partial charge on any atom is 0.0342 e. The molecule has 0 saturated carbocycles. The number of rotatable bonds is 0. The summed E-state index contributed by atoms with van der Waals surface area (Å²) in [5, 5.41) is 4.48. The summed E-state index contributed by atoms with van der Waals surface area (Å²) in [5.74, 6) is 1.83. The molecule has 3 rings (SSSR count). The van der Waals surface area contributed by atoms with E-state index in [2.05, 4.69) is 21.1 Å². The summed E-state index contributed by atoms with van der Waals surface area (Å²) in [6.07, 6.45) is 2.80. The minimum absolute atomic E-state index is 0.878. The van der Waals surface area contributed by atoms with E-state index in [0.717, 1.165) is 18.4 Å². The van der Waals surface area contributed by atoms with E-state index in [9.17, 15) is 0 Å². The van der Waals surface area contributed by atoms with Gasteiger partial charge in [0.2, 0.25) is 0 Å². The highest BCUT2D eigenvalue weighted by Gasteiger charge is 2.33. The second-order valence-corrected chi connectivity index (χ2v) is 4.28. The predicted molar refractivity (Wildman–Crippen MR) is 45.6 cm³/mol. The highest BCUT2D eigenvalue weighted by Crippen LogP contribution is 2.26. The lowest BCUT2D eigenvalue weighted by Gasteiger charge is -2.26. The van der Waals surface area contributed by atoms with Crippen LogP contribution in [-0.4, -0.2) is 36.3 Å². The summed E-state index contributed by atoms with van der Waals surface area (Å²) in [6.45, 7) is 4.80. The Labute approximate surface area is 72.8 Å². The van der Waals surface area contributed by atoms with Gasteiger partial charge in [0, 0.05) is 26.2 Å². The smallest absolute Gasteiger partial charge is 0.0342 e. The van der Waals surface area contributed by atoms with E-state index >= 15 is 0 Å². The van der Waals surface area contributed by atoms with Crippen LogP contribution in [0.1, 0.15) is 12.8 Å². The molecule has 0 aliphatic carbocycles. The van der Waals surface area contributed by atoms with Gasteiger partial charge in [0.15, 0.2) is 0 Å². The summed E-state index contributed by atoms with van der Waals surface area (Å²) in [6, 6.07) is 0. The SMILES string of the molecule is C1CN2CC1CC1CNN(C1)N2. The standard InChI is InChI=1S/C8H16N4/c1-2-11-5-7(1)3-8-4-9-12(6-8)10-11/h7-10H,1-6H2. The highest BCUT2D eigenvalue weighted by molar-refractivity contribution is 4.82. The molecule has 12 heavy (non-hydrogen) atoms. The van der Waals surface area contributed by atoms with Crippen LogP contribution in [0.4, 0.5) is 0 Å². The van der Waals surface area contributed by atoms with Crippen molar-refractivity contribution in [1.82, 2.24) is 21.1 Å². The van der Waals surface area contributed by atoms with Crippen molar-refractivity contribution in [3.8, 4) is 0 Å². The van der Waals surface area contributed by atoms with E-state index in [1.165, 1.54) is 32.5 Å². The first-order chi connectivity index (χ1) is 5.90. The third-order valence-corrected chi connectivity index (χ3v) is 3.23. The molecule has 4 heteroatoms. The molecule has 3 heterocycles. The number of nitrogens with one attached hydrogen (secondary N) is 2. The normalized spacial score (nSPS) is 52.0. The summed E-state index contributed by atoms with van der Waals surface area (Å²) >= 11 is 0. The molecule has 4 nitrogen and oxygen atoms in total. The molecule has 3 aliphatic rings. The molecular weight excluding hydrogens is 152 g/mol. The van der Waals surface area contributed by atoms with Crippen molar-refractivity contribution in [2.75, 3.05) is 26.2 Å². The first-order valence-electron chi connectivity index (χ1n) is 4.92. The molecule has 3 saturated heterocycles. The van der Waals surface area contributed by atoms with Crippen LogP contribution in [0.3, 0.4) is 0 Å². The van der Waals surface area contributed by atoms with E-state index in [1.807, 2.05) is 0 Å². The third kappa shape index (κ3) is 1.15. The lowest BCUT2D eigenvalue weighted by atomic mass is 9.94. The summed E-state index contributed by atoms with van der Waals surface area (Å²) < 4.78 is 0. The molecule has 3 fully saturated rings. The van der Waals surface area contributed by atoms with Crippen LogP contribution in [-0.2, 0) is 0 Å². The molecule has 3 aliphatic heterocycles. The van der Waals surface area contributed by atoms with Gasteiger partial charge in [-0.2, -0.15) is 10.7 Å². The van der Waals surface area contributed by atoms with Crippen LogP contribution >= 0.6 is 0 Å². The van der Waals surface area contributed by atoms with Crippen molar-refractivity contribution < 1.29 is 0 Å². The molecule has 0 aromatic heterocycles. The summed E-state index contributed by atoms with van der Waals surface area (Å²) in [7, 11) is 0. The molecule has 4 atom stereocenters. The van der Waals surface area contributed by atoms with E-state index in [-0.39, 0.29) is 0 Å². The fourth-order valence-corrected chi connectivity index (χ4v) is 2.62. The van der Waals surface area contributed by atoms with Gasteiger partial charge in [-0.3, -0.25) is 0 Å². The van der Waals surface area contributed by atoms with E-state index < -0.39 is 0 Å². The topological polar surface area (TPSA) is 30.5 Å². The zero-order valence-corrected chi connectivity index (χ0v) is 7.29. The molecule has 0 amide bonds. The van der Waals surface area contributed by atoms with E-state index in [0.29, 0.717) is 0 Å². The minimum Gasteiger partial charge on any atom is -0.240 e. The molecular formula is C8H16N4. The van der Waals surface area contributed by atoms with Gasteiger partial charge < -0.3 is 0 Å². The Hall–Kier alpha value is -0.160. The Bertz CT molecular complexity index is 148. The van der Waals surface area contributed by atoms with Gasteiger partial charge in [0.05, 0.1) is 0 Å². The molecule has 4 bridgehead atoms. The fraction of sp³-hybridized carbons (Fsp3) is 1.00. The van der Waals surface area contributed by atoms with Crippen molar-refractivity contribution in [3.05, 3.63) is 0 Å². The average molecular weight is 168 g/mol. The van der Waals surface area contributed by atoms with Crippen molar-refractivity contribution in [3.63, 3.8) is 0 Å². The van der Waals surface area contributed by atoms with Crippen LogP contribution in [0, 0.1) is 11.8 Å². The first-order valence-corrected chi connectivity index (χ1v) is 4.92. The Kier molecular flexibility index (Phi) is 1.61. The van der Waals surface area contributed by atoms with E-state index in [4.69, 9.17) is 0 Å². The molecule has 0 spiro atoms. The molecule has 0 radical (unpaired) electrons. The largest absolute Gasteiger partial charge is 0.240 e. The average Bonchev–Trinajstić information content (AvgIpc) is 2.61. The second-order valence-electron chi connectivity index (χ2n) is 4.28. The molecule has 0 aromatic carbocycles. The lowest BCUT2D eigenvalue weighted by molar-refractivity contribution is 0.0137. The first kappa shape index (κ1) is 7.26. The summed E-state index contributed by atoms with van der Waals surface area (Å²) in [4.78, 5) is 0. The van der Waals surface area contributed by atoms with Crippen molar-refractivity contribution in [2.45, 2.75) is 12.8 Å². The third-order valence-electron chi connectivity index (χ3n) is 3.23. The molecule has 4 unspecified atom stereocenters. The Morgan fingerprint density at radius 3 is 3.17 bits per heavy atom. The zero-order chi connectivity index (χ0) is 7.97. The number of hydrogen-bond acceptors (Lipinski definition) is 4. The van der Waals surface area contributed by atoms with Gasteiger partial charge in [-0.25, -0.2) is 10.4 Å². The van der Waals surface area contributed by atoms with Gasteiger partial charge in [0.25, 0.3) is 0 Å². The van der Waals surface area contributed by atoms with Gasteiger partial charge in [-0.1, -0.05) is 0 Å². The minimum atomic E-state index is 0.878. The maximum atomic E-state index is 3.39. The summed E-state index contributed by atoms with van der Waals surface area (Å²) in [5.41, 5.74) is 6.76. The van der Waals surface area contributed by atoms with Crippen molar-refractivity contribution in [1.29, 1.82) is 0 Å². The Morgan fingerprint density at radius 2 is 2.17 bits per heavy atom. The fourth-order valence-electron chi connectivity index (χ4n) is 2.62. The number of hydrazine groups is 3. The maximum absolute atomic E-state index is 3.39. The Morgan fingerprint density at radius 1 is 1.17 bits per heavy atom. The van der Waals surface area contributed by atoms with E-state index in [1.54, 1.807) is 0 Å².